The molecule has 0 spiro atoms. The number of benzene rings is 1. The number of carboxylic acid groups (broad SMARTS) is 2. The van der Waals surface area contributed by atoms with Gasteiger partial charge >= 0.3 is 11.9 Å². The van der Waals surface area contributed by atoms with E-state index in [9.17, 15) is 24.0 Å². The number of hydrogen-bond donors (Lipinski definition) is 7. The maximum absolute atomic E-state index is 12.9. The predicted molar refractivity (Wildman–Crippen MR) is 126 cm³/mol. The lowest BCUT2D eigenvalue weighted by Crippen LogP contribution is -2.57. The predicted octanol–water partition coefficient (Wildman–Crippen LogP) is -0.271. The van der Waals surface area contributed by atoms with E-state index >= 15 is 0 Å². The third kappa shape index (κ3) is 8.10. The van der Waals surface area contributed by atoms with Crippen LogP contribution in [0.2, 0.25) is 0 Å². The third-order valence-corrected chi connectivity index (χ3v) is 5.39. The molecule has 0 aliphatic heterocycles. The van der Waals surface area contributed by atoms with E-state index in [-0.39, 0.29) is 18.8 Å². The zero-order valence-electron chi connectivity index (χ0n) is 19.5. The molecule has 3 atom stereocenters. The van der Waals surface area contributed by atoms with Crippen molar-refractivity contribution < 1.29 is 34.2 Å². The SMILES string of the molecule is CC(C)C(NC(=O)C(N)Cc1c[nH]c2ccccc12)C(=O)NC(CCC(=O)O)C(=O)NCC(=O)O. The van der Waals surface area contributed by atoms with Crippen LogP contribution in [0.5, 0.6) is 0 Å². The van der Waals surface area contributed by atoms with Gasteiger partial charge in [-0.15, -0.1) is 0 Å². The highest BCUT2D eigenvalue weighted by molar-refractivity contribution is 5.94. The van der Waals surface area contributed by atoms with E-state index in [0.29, 0.717) is 0 Å². The fraction of sp³-hybridized carbons (Fsp3) is 0.435. The lowest BCUT2D eigenvalue weighted by molar-refractivity contribution is -0.140. The Hall–Kier alpha value is -3.93. The number of carbonyl (C=O) groups excluding carboxylic acids is 3. The summed E-state index contributed by atoms with van der Waals surface area (Å²) in [6.45, 7) is 2.68. The lowest BCUT2D eigenvalue weighted by atomic mass is 10.00. The summed E-state index contributed by atoms with van der Waals surface area (Å²) in [5, 5.41) is 25.8. The van der Waals surface area contributed by atoms with Crippen molar-refractivity contribution in [3.05, 3.63) is 36.0 Å². The molecular formula is C23H31N5O7. The number of hydrogen-bond acceptors (Lipinski definition) is 6. The van der Waals surface area contributed by atoms with E-state index in [0.717, 1.165) is 16.5 Å². The van der Waals surface area contributed by atoms with Crippen LogP contribution in [0.15, 0.2) is 30.5 Å². The van der Waals surface area contributed by atoms with Crippen molar-refractivity contribution in [1.29, 1.82) is 0 Å². The molecule has 2 aromatic rings. The van der Waals surface area contributed by atoms with Gasteiger partial charge in [-0.1, -0.05) is 32.0 Å². The smallest absolute Gasteiger partial charge is 0.322 e. The first kappa shape index (κ1) is 27.3. The molecule has 3 unspecified atom stereocenters. The average Bonchev–Trinajstić information content (AvgIpc) is 3.20. The number of carboxylic acids is 2. The van der Waals surface area contributed by atoms with Gasteiger partial charge in [-0.2, -0.15) is 0 Å². The largest absolute Gasteiger partial charge is 0.481 e. The quantitative estimate of drug-likeness (QED) is 0.199. The number of aromatic nitrogens is 1. The van der Waals surface area contributed by atoms with E-state index in [1.807, 2.05) is 24.3 Å². The first-order chi connectivity index (χ1) is 16.5. The summed E-state index contributed by atoms with van der Waals surface area (Å²) in [6.07, 6.45) is 1.30. The standard InChI is InChI=1S/C23H31N5O7/c1-12(2)20(23(35)27-17(7-8-18(29)30)22(34)26-11-19(31)32)28-21(33)15(24)9-13-10-25-16-6-4-3-5-14(13)16/h3-6,10,12,15,17,20,25H,7-9,11,24H2,1-2H3,(H,26,34)(H,27,35)(H,28,33)(H,29,30)(H,31,32). The summed E-state index contributed by atoms with van der Waals surface area (Å²) in [6, 6.07) is 4.25. The van der Waals surface area contributed by atoms with Crippen LogP contribution in [0.25, 0.3) is 10.9 Å². The van der Waals surface area contributed by atoms with Crippen LogP contribution < -0.4 is 21.7 Å². The van der Waals surface area contributed by atoms with Crippen LogP contribution in [0.3, 0.4) is 0 Å². The Morgan fingerprint density at radius 2 is 1.66 bits per heavy atom. The van der Waals surface area contributed by atoms with E-state index in [4.69, 9.17) is 15.9 Å². The number of para-hydroxylation sites is 1. The molecule has 0 aliphatic rings. The molecule has 0 saturated carbocycles. The molecule has 2 rings (SSSR count). The van der Waals surface area contributed by atoms with E-state index in [2.05, 4.69) is 20.9 Å². The Labute approximate surface area is 201 Å². The number of carbonyl (C=O) groups is 5. The van der Waals surface area contributed by atoms with Gasteiger partial charge in [-0.3, -0.25) is 24.0 Å². The number of aliphatic carboxylic acids is 2. The molecule has 8 N–H and O–H groups in total. The molecule has 0 saturated heterocycles. The summed E-state index contributed by atoms with van der Waals surface area (Å²) in [5.74, 6) is -4.99. The Kier molecular flexibility index (Phi) is 9.76. The first-order valence-electron chi connectivity index (χ1n) is 11.1. The molecule has 190 valence electrons. The molecule has 1 heterocycles. The molecule has 3 amide bonds. The second-order valence-corrected chi connectivity index (χ2v) is 8.51. The van der Waals surface area contributed by atoms with Crippen molar-refractivity contribution in [3.8, 4) is 0 Å². The van der Waals surface area contributed by atoms with Crippen LogP contribution >= 0.6 is 0 Å². The average molecular weight is 490 g/mol. The maximum atomic E-state index is 12.9. The van der Waals surface area contributed by atoms with Crippen molar-refractivity contribution in [3.63, 3.8) is 0 Å². The number of aromatic amines is 1. The Morgan fingerprint density at radius 1 is 0.971 bits per heavy atom. The van der Waals surface area contributed by atoms with E-state index in [1.54, 1.807) is 20.0 Å². The van der Waals surface area contributed by atoms with Crippen molar-refractivity contribution in [2.24, 2.45) is 11.7 Å². The summed E-state index contributed by atoms with van der Waals surface area (Å²) in [4.78, 5) is 62.8. The van der Waals surface area contributed by atoms with Gasteiger partial charge < -0.3 is 36.9 Å². The summed E-state index contributed by atoms with van der Waals surface area (Å²) in [5.41, 5.74) is 7.85. The molecular weight excluding hydrogens is 458 g/mol. The monoisotopic (exact) mass is 489 g/mol. The second-order valence-electron chi connectivity index (χ2n) is 8.51. The second kappa shape index (κ2) is 12.5. The van der Waals surface area contributed by atoms with Crippen molar-refractivity contribution in [2.75, 3.05) is 6.54 Å². The molecule has 0 radical (unpaired) electrons. The zero-order valence-corrected chi connectivity index (χ0v) is 19.5. The third-order valence-electron chi connectivity index (χ3n) is 5.39. The van der Waals surface area contributed by atoms with Gasteiger partial charge in [0.15, 0.2) is 0 Å². The van der Waals surface area contributed by atoms with Gasteiger partial charge in [0.05, 0.1) is 6.04 Å². The van der Waals surface area contributed by atoms with Gasteiger partial charge in [0.25, 0.3) is 0 Å². The summed E-state index contributed by atoms with van der Waals surface area (Å²) in [7, 11) is 0. The number of fused-ring (bicyclic) bond motifs is 1. The molecule has 35 heavy (non-hydrogen) atoms. The van der Waals surface area contributed by atoms with Crippen molar-refractivity contribution in [1.82, 2.24) is 20.9 Å². The normalized spacial score (nSPS) is 13.6. The van der Waals surface area contributed by atoms with Crippen LogP contribution in [0.1, 0.15) is 32.3 Å². The van der Waals surface area contributed by atoms with E-state index < -0.39 is 60.8 Å². The number of H-pyrrole nitrogens is 1. The fourth-order valence-corrected chi connectivity index (χ4v) is 3.51. The highest BCUT2D eigenvalue weighted by Crippen LogP contribution is 2.19. The maximum Gasteiger partial charge on any atom is 0.322 e. The first-order valence-corrected chi connectivity index (χ1v) is 11.1. The number of amides is 3. The minimum atomic E-state index is -1.30. The van der Waals surface area contributed by atoms with Gasteiger partial charge in [0.1, 0.15) is 18.6 Å². The van der Waals surface area contributed by atoms with Gasteiger partial charge in [0, 0.05) is 23.5 Å². The highest BCUT2D eigenvalue weighted by atomic mass is 16.4. The van der Waals surface area contributed by atoms with Crippen molar-refractivity contribution >= 4 is 40.6 Å². The van der Waals surface area contributed by atoms with Crippen molar-refractivity contribution in [2.45, 2.75) is 51.2 Å². The molecule has 0 aliphatic carbocycles. The van der Waals surface area contributed by atoms with Crippen LogP contribution in [-0.2, 0) is 30.4 Å². The lowest BCUT2D eigenvalue weighted by Gasteiger charge is -2.26. The summed E-state index contributed by atoms with van der Waals surface area (Å²) < 4.78 is 0. The number of nitrogens with one attached hydrogen (secondary N) is 4. The molecule has 12 heteroatoms. The van der Waals surface area contributed by atoms with Gasteiger partial charge in [0.2, 0.25) is 17.7 Å². The van der Waals surface area contributed by atoms with E-state index in [1.165, 1.54) is 0 Å². The molecule has 1 aromatic heterocycles. The summed E-state index contributed by atoms with van der Waals surface area (Å²) >= 11 is 0. The molecule has 12 nitrogen and oxygen atoms in total. The van der Waals surface area contributed by atoms with Gasteiger partial charge in [-0.25, -0.2) is 0 Å². The van der Waals surface area contributed by atoms with Crippen LogP contribution in [0, 0.1) is 5.92 Å². The molecule has 1 aromatic carbocycles. The van der Waals surface area contributed by atoms with Crippen LogP contribution in [0.4, 0.5) is 0 Å². The zero-order chi connectivity index (χ0) is 26.1. The van der Waals surface area contributed by atoms with Gasteiger partial charge in [-0.05, 0) is 30.4 Å². The Balaban J connectivity index is 2.06. The molecule has 0 bridgehead atoms. The minimum absolute atomic E-state index is 0.223. The highest BCUT2D eigenvalue weighted by Gasteiger charge is 2.30. The number of rotatable bonds is 13. The Bertz CT molecular complexity index is 1080. The Morgan fingerprint density at radius 3 is 2.29 bits per heavy atom. The fourth-order valence-electron chi connectivity index (χ4n) is 3.51. The molecule has 0 fully saturated rings. The minimum Gasteiger partial charge on any atom is -0.481 e. The topological polar surface area (TPSA) is 204 Å². The number of nitrogens with two attached hydrogens (primary N) is 1. The van der Waals surface area contributed by atoms with Crippen LogP contribution in [-0.4, -0.2) is 69.5 Å².